The fraction of sp³-hybridized carbons (Fsp3) is 0.350. The van der Waals surface area contributed by atoms with Crippen LogP contribution in [0.1, 0.15) is 33.2 Å². The summed E-state index contributed by atoms with van der Waals surface area (Å²) in [5.74, 6) is 1.31. The molecule has 0 aromatic heterocycles. The van der Waals surface area contributed by atoms with E-state index >= 15 is 0 Å². The first kappa shape index (κ1) is 17.2. The van der Waals surface area contributed by atoms with Crippen LogP contribution in [0.5, 0.6) is 23.0 Å². The smallest absolute Gasteiger partial charge is 0.260 e. The molecule has 2 aromatic rings. The minimum Gasteiger partial charge on any atom is -0.493 e. The van der Waals surface area contributed by atoms with Gasteiger partial charge in [0.15, 0.2) is 28.7 Å². The minimum absolute atomic E-state index is 0.114. The van der Waals surface area contributed by atoms with Crippen LogP contribution < -0.4 is 18.9 Å². The highest BCUT2D eigenvalue weighted by molar-refractivity contribution is 6.03. The predicted molar refractivity (Wildman–Crippen MR) is 95.7 cm³/mol. The van der Waals surface area contributed by atoms with Crippen LogP contribution in [-0.4, -0.2) is 48.6 Å². The highest BCUT2D eigenvalue weighted by Crippen LogP contribution is 2.53. The first-order valence-corrected chi connectivity index (χ1v) is 8.91. The first-order valence-electron chi connectivity index (χ1n) is 8.91. The molecule has 0 fully saturated rings. The van der Waals surface area contributed by atoms with E-state index in [1.54, 1.807) is 24.3 Å². The first-order chi connectivity index (χ1) is 13.5. The number of benzene rings is 2. The molecule has 0 radical (unpaired) electrons. The van der Waals surface area contributed by atoms with Gasteiger partial charge >= 0.3 is 0 Å². The number of amides is 1. The van der Waals surface area contributed by atoms with Gasteiger partial charge in [-0.15, -0.1) is 0 Å². The molecule has 2 aromatic carbocycles. The number of ether oxygens (including phenoxy) is 4. The lowest BCUT2D eigenvalue weighted by Crippen LogP contribution is -2.47. The van der Waals surface area contributed by atoms with E-state index in [1.807, 2.05) is 0 Å². The number of carbonyl (C=O) groups excluding carboxylic acids is 1. The van der Waals surface area contributed by atoms with E-state index in [1.165, 1.54) is 19.1 Å². The Hall–Kier alpha value is -2.97. The van der Waals surface area contributed by atoms with Gasteiger partial charge in [0.25, 0.3) is 5.91 Å². The monoisotopic (exact) mass is 385 g/mol. The molecule has 3 aliphatic rings. The molecule has 0 spiro atoms. The van der Waals surface area contributed by atoms with Gasteiger partial charge in [-0.05, 0) is 41.8 Å². The Morgan fingerprint density at radius 2 is 1.93 bits per heavy atom. The number of aliphatic hydroxyl groups excluding tert-OH is 1. The second kappa shape index (κ2) is 5.76. The normalized spacial score (nSPS) is 24.4. The average molecular weight is 385 g/mol. The fourth-order valence-electron chi connectivity index (χ4n) is 4.37. The van der Waals surface area contributed by atoms with Gasteiger partial charge in [0.1, 0.15) is 6.10 Å². The van der Waals surface area contributed by atoms with Crippen molar-refractivity contribution >= 4 is 5.91 Å². The van der Waals surface area contributed by atoms with Crippen LogP contribution in [0.4, 0.5) is 0 Å². The van der Waals surface area contributed by atoms with Gasteiger partial charge in [-0.25, -0.2) is 0 Å². The summed E-state index contributed by atoms with van der Waals surface area (Å²) in [6.45, 7) is 0.336. The Bertz CT molecular complexity index is 1000. The zero-order valence-corrected chi connectivity index (χ0v) is 15.4. The van der Waals surface area contributed by atoms with E-state index < -0.39 is 17.7 Å². The van der Waals surface area contributed by atoms with Crippen molar-refractivity contribution in [3.63, 3.8) is 0 Å². The summed E-state index contributed by atoms with van der Waals surface area (Å²) in [6.07, 6.45) is -0.923. The largest absolute Gasteiger partial charge is 0.493 e. The Balaban J connectivity index is 1.72. The van der Waals surface area contributed by atoms with Gasteiger partial charge in [-0.2, -0.15) is 0 Å². The zero-order valence-electron chi connectivity index (χ0n) is 15.4. The summed E-state index contributed by atoms with van der Waals surface area (Å²) in [7, 11) is 2.91. The highest BCUT2D eigenvalue weighted by atomic mass is 16.7. The van der Waals surface area contributed by atoms with E-state index in [0.29, 0.717) is 29.2 Å². The molecule has 3 heterocycles. The van der Waals surface area contributed by atoms with Crippen molar-refractivity contribution < 1.29 is 34.0 Å². The maximum Gasteiger partial charge on any atom is 0.260 e. The fourth-order valence-corrected chi connectivity index (χ4v) is 4.37. The SMILES string of the molecule is COc1ccc2c(c1OC)C(=O)N1CCc3cc4c(cc3C(O)C21O)OCO4. The molecule has 2 unspecified atom stereocenters. The average Bonchev–Trinajstić information content (AvgIpc) is 3.22. The summed E-state index contributed by atoms with van der Waals surface area (Å²) in [6, 6.07) is 6.68. The third-order valence-electron chi connectivity index (χ3n) is 5.73. The Kier molecular flexibility index (Phi) is 3.53. The van der Waals surface area contributed by atoms with Crippen LogP contribution in [0.3, 0.4) is 0 Å². The second-order valence-electron chi connectivity index (χ2n) is 6.96. The lowest BCUT2D eigenvalue weighted by molar-refractivity contribution is -0.161. The Labute approximate surface area is 160 Å². The van der Waals surface area contributed by atoms with Crippen molar-refractivity contribution in [2.24, 2.45) is 0 Å². The lowest BCUT2D eigenvalue weighted by Gasteiger charge is -2.36. The number of fused-ring (bicyclic) bond motifs is 5. The number of aliphatic hydroxyl groups is 2. The van der Waals surface area contributed by atoms with E-state index in [9.17, 15) is 15.0 Å². The van der Waals surface area contributed by atoms with Crippen molar-refractivity contribution in [1.29, 1.82) is 0 Å². The van der Waals surface area contributed by atoms with Crippen LogP contribution in [-0.2, 0) is 12.1 Å². The van der Waals surface area contributed by atoms with Crippen LogP contribution in [0.2, 0.25) is 0 Å². The van der Waals surface area contributed by atoms with Crippen LogP contribution >= 0.6 is 0 Å². The number of carbonyl (C=O) groups is 1. The molecule has 0 aliphatic carbocycles. The molecule has 1 amide bonds. The summed E-state index contributed by atoms with van der Waals surface area (Å²) >= 11 is 0. The summed E-state index contributed by atoms with van der Waals surface area (Å²) in [4.78, 5) is 14.5. The third kappa shape index (κ3) is 1.99. The van der Waals surface area contributed by atoms with Crippen LogP contribution in [0.15, 0.2) is 24.3 Å². The maximum absolute atomic E-state index is 13.2. The highest BCUT2D eigenvalue weighted by Gasteiger charge is 2.56. The van der Waals surface area contributed by atoms with Crippen LogP contribution in [0.25, 0.3) is 0 Å². The number of methoxy groups -OCH3 is 2. The Morgan fingerprint density at radius 3 is 2.64 bits per heavy atom. The topological polar surface area (TPSA) is 97.7 Å². The van der Waals surface area contributed by atoms with E-state index in [0.717, 1.165) is 5.56 Å². The molecule has 8 heteroatoms. The van der Waals surface area contributed by atoms with E-state index in [4.69, 9.17) is 18.9 Å². The molecular formula is C20H19NO7. The molecule has 2 N–H and O–H groups in total. The molecule has 28 heavy (non-hydrogen) atoms. The third-order valence-corrected chi connectivity index (χ3v) is 5.73. The molecule has 0 bridgehead atoms. The summed E-state index contributed by atoms with van der Waals surface area (Å²) < 4.78 is 21.5. The molecule has 5 rings (SSSR count). The van der Waals surface area contributed by atoms with E-state index in [2.05, 4.69) is 0 Å². The summed E-state index contributed by atoms with van der Waals surface area (Å²) in [5, 5.41) is 22.9. The van der Waals surface area contributed by atoms with Crippen molar-refractivity contribution in [3.8, 4) is 23.0 Å². The lowest BCUT2D eigenvalue weighted by atomic mass is 9.89. The van der Waals surface area contributed by atoms with Crippen molar-refractivity contribution in [2.45, 2.75) is 18.2 Å². The van der Waals surface area contributed by atoms with Crippen LogP contribution in [0, 0.1) is 0 Å². The van der Waals surface area contributed by atoms with Crippen molar-refractivity contribution in [3.05, 3.63) is 46.5 Å². The zero-order chi connectivity index (χ0) is 19.6. The number of hydrogen-bond donors (Lipinski definition) is 2. The van der Waals surface area contributed by atoms with Crippen molar-refractivity contribution in [2.75, 3.05) is 27.6 Å². The molecule has 8 nitrogen and oxygen atoms in total. The number of nitrogens with zero attached hydrogens (tertiary/aromatic N) is 1. The molecule has 146 valence electrons. The molecule has 2 atom stereocenters. The predicted octanol–water partition coefficient (Wildman–Crippen LogP) is 1.32. The molecule has 3 aliphatic heterocycles. The molecule has 0 saturated heterocycles. The Morgan fingerprint density at radius 1 is 1.18 bits per heavy atom. The molecular weight excluding hydrogens is 366 g/mol. The van der Waals surface area contributed by atoms with Gasteiger partial charge in [-0.1, -0.05) is 0 Å². The summed E-state index contributed by atoms with van der Waals surface area (Å²) in [5.41, 5.74) is -0.134. The molecule has 0 saturated carbocycles. The van der Waals surface area contributed by atoms with Gasteiger partial charge in [0, 0.05) is 12.1 Å². The minimum atomic E-state index is -1.93. The number of rotatable bonds is 2. The maximum atomic E-state index is 13.2. The van der Waals surface area contributed by atoms with Gasteiger partial charge < -0.3 is 34.1 Å². The van der Waals surface area contributed by atoms with Gasteiger partial charge in [-0.3, -0.25) is 4.79 Å². The number of hydrogen-bond acceptors (Lipinski definition) is 7. The quantitative estimate of drug-likeness (QED) is 0.805. The van der Waals surface area contributed by atoms with Gasteiger partial charge in [0.05, 0.1) is 19.8 Å². The van der Waals surface area contributed by atoms with Crippen molar-refractivity contribution in [1.82, 2.24) is 4.90 Å². The standard InChI is InChI=1S/C20H19NO7/c1-25-13-4-3-12-16(17(13)26-2)19(23)21-6-5-10-7-14-15(28-9-27-14)8-11(10)18(22)20(12,21)24/h3-4,7-8,18,22,24H,5-6,9H2,1-2H3. The van der Waals surface area contributed by atoms with E-state index in [-0.39, 0.29) is 30.2 Å². The second-order valence-corrected chi connectivity index (χ2v) is 6.96. The van der Waals surface area contributed by atoms with Gasteiger partial charge in [0.2, 0.25) is 6.79 Å².